The molecule has 9 heteroatoms. The van der Waals surface area contributed by atoms with E-state index in [4.69, 9.17) is 27.9 Å². The number of aromatic nitrogens is 2. The number of benzene rings is 1. The van der Waals surface area contributed by atoms with Crippen LogP contribution < -0.4 is 4.74 Å². The highest BCUT2D eigenvalue weighted by atomic mass is 35.5. The fourth-order valence-corrected chi connectivity index (χ4v) is 4.53. The number of ketones is 1. The maximum absolute atomic E-state index is 13.3. The summed E-state index contributed by atoms with van der Waals surface area (Å²) < 4.78 is 7.35. The standard InChI is InChI=1S/C26H30Cl2N2O5/c1-26(2,34)14-13-21-23(22(31)12-5-17-3-6-18(7-4-17)24(32)33)30(25(28)29-21)15-16-35-20-10-8-19(27)9-11-20/h8-11,17-18,34H,3-7,12,15-16H2,1-2H3,(H,32,33). The van der Waals surface area contributed by atoms with E-state index in [1.165, 1.54) is 0 Å². The van der Waals surface area contributed by atoms with E-state index in [1.54, 1.807) is 42.7 Å². The van der Waals surface area contributed by atoms with Gasteiger partial charge in [0.25, 0.3) is 0 Å². The van der Waals surface area contributed by atoms with E-state index in [2.05, 4.69) is 16.8 Å². The smallest absolute Gasteiger partial charge is 0.306 e. The second kappa shape index (κ2) is 11.9. The number of Topliss-reactive ketones (excluding diaryl/α,β-unsaturated/α-hetero) is 1. The summed E-state index contributed by atoms with van der Waals surface area (Å²) in [5, 5.41) is 19.9. The first kappa shape index (κ1) is 27.1. The second-order valence-corrected chi connectivity index (χ2v) is 10.1. The number of aliphatic hydroxyl groups is 1. The number of hydrogen-bond acceptors (Lipinski definition) is 5. The quantitative estimate of drug-likeness (QED) is 0.346. The van der Waals surface area contributed by atoms with Crippen LogP contribution in [0.3, 0.4) is 0 Å². The number of carboxylic acid groups (broad SMARTS) is 1. The lowest BCUT2D eigenvalue weighted by molar-refractivity contribution is -0.143. The van der Waals surface area contributed by atoms with Gasteiger partial charge in [0.2, 0.25) is 5.28 Å². The van der Waals surface area contributed by atoms with Crippen LogP contribution in [-0.2, 0) is 11.3 Å². The van der Waals surface area contributed by atoms with E-state index in [-0.39, 0.29) is 42.3 Å². The normalized spacial score (nSPS) is 18.0. The Morgan fingerprint density at radius 2 is 1.83 bits per heavy atom. The fraction of sp³-hybridized carbons (Fsp3) is 0.500. The molecule has 1 aliphatic carbocycles. The van der Waals surface area contributed by atoms with Crippen molar-refractivity contribution in [2.24, 2.45) is 11.8 Å². The zero-order valence-corrected chi connectivity index (χ0v) is 21.4. The van der Waals surface area contributed by atoms with Gasteiger partial charge in [-0.15, -0.1) is 0 Å². The summed E-state index contributed by atoms with van der Waals surface area (Å²) in [4.78, 5) is 28.8. The van der Waals surface area contributed by atoms with Crippen molar-refractivity contribution in [3.63, 3.8) is 0 Å². The number of halogens is 2. The monoisotopic (exact) mass is 520 g/mol. The average Bonchev–Trinajstić information content (AvgIpc) is 3.12. The number of carboxylic acids is 1. The maximum atomic E-state index is 13.3. The van der Waals surface area contributed by atoms with E-state index in [9.17, 15) is 19.8 Å². The highest BCUT2D eigenvalue weighted by molar-refractivity contribution is 6.30. The van der Waals surface area contributed by atoms with Crippen molar-refractivity contribution in [3.05, 3.63) is 46.0 Å². The number of hydrogen-bond donors (Lipinski definition) is 2. The highest BCUT2D eigenvalue weighted by Gasteiger charge is 2.27. The van der Waals surface area contributed by atoms with Gasteiger partial charge in [-0.2, -0.15) is 0 Å². The molecule has 35 heavy (non-hydrogen) atoms. The third-order valence-corrected chi connectivity index (χ3v) is 6.59. The molecule has 0 amide bonds. The van der Waals surface area contributed by atoms with Crippen LogP contribution in [0.2, 0.25) is 10.3 Å². The summed E-state index contributed by atoms with van der Waals surface area (Å²) in [5.41, 5.74) is -0.731. The number of rotatable bonds is 9. The summed E-state index contributed by atoms with van der Waals surface area (Å²) in [5.74, 6) is 5.28. The first-order valence-electron chi connectivity index (χ1n) is 11.7. The van der Waals surface area contributed by atoms with Crippen LogP contribution in [0, 0.1) is 23.7 Å². The average molecular weight is 521 g/mol. The van der Waals surface area contributed by atoms with Crippen LogP contribution in [0.4, 0.5) is 0 Å². The molecule has 1 fully saturated rings. The molecular formula is C26H30Cl2N2O5. The van der Waals surface area contributed by atoms with Gasteiger partial charge < -0.3 is 19.5 Å². The van der Waals surface area contributed by atoms with Gasteiger partial charge in [-0.3, -0.25) is 9.59 Å². The Kier molecular flexibility index (Phi) is 9.23. The van der Waals surface area contributed by atoms with Gasteiger partial charge >= 0.3 is 5.97 Å². The third kappa shape index (κ3) is 7.99. The van der Waals surface area contributed by atoms with Gasteiger partial charge in [-0.25, -0.2) is 4.98 Å². The molecule has 0 spiro atoms. The minimum atomic E-state index is -1.25. The Morgan fingerprint density at radius 1 is 1.17 bits per heavy atom. The van der Waals surface area contributed by atoms with Crippen molar-refractivity contribution < 1.29 is 24.5 Å². The van der Waals surface area contributed by atoms with Crippen molar-refractivity contribution in [2.75, 3.05) is 6.61 Å². The minimum Gasteiger partial charge on any atom is -0.492 e. The third-order valence-electron chi connectivity index (χ3n) is 6.04. The lowest BCUT2D eigenvalue weighted by atomic mass is 9.79. The lowest BCUT2D eigenvalue weighted by Gasteiger charge is -2.25. The molecular weight excluding hydrogens is 491 g/mol. The molecule has 2 N–H and O–H groups in total. The summed E-state index contributed by atoms with van der Waals surface area (Å²) in [6.07, 6.45) is 3.81. The number of ether oxygens (including phenoxy) is 1. The number of carbonyl (C=O) groups is 2. The number of imidazole rings is 1. The first-order valence-corrected chi connectivity index (χ1v) is 12.4. The lowest BCUT2D eigenvalue weighted by Crippen LogP contribution is -2.22. The summed E-state index contributed by atoms with van der Waals surface area (Å²) in [7, 11) is 0. The fourth-order valence-electron chi connectivity index (χ4n) is 4.15. The van der Waals surface area contributed by atoms with E-state index in [1.807, 2.05) is 0 Å². The molecule has 0 aliphatic heterocycles. The Labute approximate surface area is 215 Å². The Morgan fingerprint density at radius 3 is 2.43 bits per heavy atom. The number of nitrogens with zero attached hydrogens (tertiary/aromatic N) is 2. The molecule has 3 rings (SSSR count). The summed E-state index contributed by atoms with van der Waals surface area (Å²) in [6, 6.07) is 6.96. The molecule has 7 nitrogen and oxygen atoms in total. The zero-order chi connectivity index (χ0) is 25.6. The highest BCUT2D eigenvalue weighted by Crippen LogP contribution is 2.32. The minimum absolute atomic E-state index is 0.120. The molecule has 1 heterocycles. The Balaban J connectivity index is 1.73. The molecule has 1 aromatic carbocycles. The number of aliphatic carboxylic acids is 1. The van der Waals surface area contributed by atoms with Crippen molar-refractivity contribution in [1.82, 2.24) is 9.55 Å². The van der Waals surface area contributed by atoms with Crippen LogP contribution >= 0.6 is 23.2 Å². The Hall–Kier alpha value is -2.53. The van der Waals surface area contributed by atoms with E-state index in [0.717, 1.165) is 12.8 Å². The second-order valence-electron chi connectivity index (χ2n) is 9.36. The van der Waals surface area contributed by atoms with Gasteiger partial charge in [-0.1, -0.05) is 17.5 Å². The molecule has 1 aromatic heterocycles. The van der Waals surface area contributed by atoms with Crippen molar-refractivity contribution in [1.29, 1.82) is 0 Å². The predicted molar refractivity (Wildman–Crippen MR) is 134 cm³/mol. The molecule has 1 aliphatic rings. The van der Waals surface area contributed by atoms with Crippen molar-refractivity contribution in [2.45, 2.75) is 64.5 Å². The van der Waals surface area contributed by atoms with Gasteiger partial charge in [-0.05, 0) is 93.7 Å². The molecule has 188 valence electrons. The molecule has 0 radical (unpaired) electrons. The number of carbonyl (C=O) groups excluding carboxylic acids is 1. The van der Waals surface area contributed by atoms with Gasteiger partial charge in [0.05, 0.1) is 12.5 Å². The SMILES string of the molecule is CC(C)(O)C#Cc1nc(Cl)n(CCOc2ccc(Cl)cc2)c1C(=O)CCC1CCC(C(=O)O)CC1. The van der Waals surface area contributed by atoms with Gasteiger partial charge in [0.15, 0.2) is 5.78 Å². The molecule has 1 saturated carbocycles. The topological polar surface area (TPSA) is 102 Å². The van der Waals surface area contributed by atoms with E-state index in [0.29, 0.717) is 41.6 Å². The van der Waals surface area contributed by atoms with Crippen LogP contribution in [0.25, 0.3) is 0 Å². The van der Waals surface area contributed by atoms with Crippen LogP contribution in [-0.4, -0.2) is 43.7 Å². The van der Waals surface area contributed by atoms with Crippen molar-refractivity contribution >= 4 is 35.0 Å². The molecule has 0 saturated heterocycles. The largest absolute Gasteiger partial charge is 0.492 e. The van der Waals surface area contributed by atoms with E-state index < -0.39 is 11.6 Å². The maximum Gasteiger partial charge on any atom is 0.306 e. The van der Waals surface area contributed by atoms with Gasteiger partial charge in [0, 0.05) is 11.4 Å². The van der Waals surface area contributed by atoms with E-state index >= 15 is 0 Å². The molecule has 0 atom stereocenters. The van der Waals surface area contributed by atoms with Crippen LogP contribution in [0.15, 0.2) is 24.3 Å². The molecule has 0 bridgehead atoms. The predicted octanol–water partition coefficient (Wildman–Crippen LogP) is 5.25. The zero-order valence-electron chi connectivity index (χ0n) is 19.9. The molecule has 2 aromatic rings. The molecule has 0 unspecified atom stereocenters. The summed E-state index contributed by atoms with van der Waals surface area (Å²) in [6.45, 7) is 3.63. The Bertz CT molecular complexity index is 1100. The summed E-state index contributed by atoms with van der Waals surface area (Å²) >= 11 is 12.3. The first-order chi connectivity index (χ1) is 16.5. The van der Waals surface area contributed by atoms with Crippen LogP contribution in [0.1, 0.15) is 68.6 Å². The van der Waals surface area contributed by atoms with Crippen molar-refractivity contribution in [3.8, 4) is 17.6 Å². The van der Waals surface area contributed by atoms with Gasteiger partial charge in [0.1, 0.15) is 29.3 Å². The van der Waals surface area contributed by atoms with Crippen LogP contribution in [0.5, 0.6) is 5.75 Å².